The van der Waals surface area contributed by atoms with E-state index in [0.717, 1.165) is 27.6 Å². The Morgan fingerprint density at radius 2 is 1.68 bits per heavy atom. The van der Waals surface area contributed by atoms with Crippen molar-refractivity contribution in [1.82, 2.24) is 0 Å². The fraction of sp³-hybridized carbons (Fsp3) is 0.190. The van der Waals surface area contributed by atoms with Crippen LogP contribution in [0.25, 0.3) is 10.8 Å². The summed E-state index contributed by atoms with van der Waals surface area (Å²) in [5.41, 5.74) is 8.98. The maximum atomic E-state index is 11.0. The Balaban J connectivity index is 1.88. The van der Waals surface area contributed by atoms with Gasteiger partial charge in [-0.3, -0.25) is 4.79 Å². The van der Waals surface area contributed by atoms with Crippen molar-refractivity contribution in [3.63, 3.8) is 0 Å². The molecule has 3 rings (SSSR count). The van der Waals surface area contributed by atoms with E-state index >= 15 is 0 Å². The molecule has 0 aromatic heterocycles. The Bertz CT molecular complexity index is 875. The standard InChI is InChI=1S/C21H21NO3/c1-15(23)24-12-11-18-17-9-5-6-10-19(17)21(13-20(18)22)25-14-16-7-3-2-4-8-16/h2-10,13H,11-12,14,22H2,1H3. The molecule has 0 radical (unpaired) electrons. The summed E-state index contributed by atoms with van der Waals surface area (Å²) in [5, 5.41) is 2.03. The second-order valence-corrected chi connectivity index (χ2v) is 5.85. The average Bonchev–Trinajstić information content (AvgIpc) is 2.62. The molecule has 25 heavy (non-hydrogen) atoms. The summed E-state index contributed by atoms with van der Waals surface area (Å²) in [6.07, 6.45) is 0.574. The van der Waals surface area contributed by atoms with Gasteiger partial charge in [-0.15, -0.1) is 0 Å². The zero-order chi connectivity index (χ0) is 17.6. The van der Waals surface area contributed by atoms with Crippen molar-refractivity contribution < 1.29 is 14.3 Å². The summed E-state index contributed by atoms with van der Waals surface area (Å²) in [6.45, 7) is 2.20. The molecule has 0 heterocycles. The summed E-state index contributed by atoms with van der Waals surface area (Å²) >= 11 is 0. The Morgan fingerprint density at radius 1 is 1.00 bits per heavy atom. The van der Waals surface area contributed by atoms with E-state index in [9.17, 15) is 4.79 Å². The number of hydrogen-bond acceptors (Lipinski definition) is 4. The van der Waals surface area contributed by atoms with E-state index in [2.05, 4.69) is 0 Å². The van der Waals surface area contributed by atoms with Crippen LogP contribution in [0.1, 0.15) is 18.1 Å². The minimum Gasteiger partial charge on any atom is -0.488 e. The van der Waals surface area contributed by atoms with Crippen LogP contribution < -0.4 is 10.5 Å². The molecule has 0 saturated heterocycles. The quantitative estimate of drug-likeness (QED) is 0.544. The molecule has 0 aliphatic carbocycles. The summed E-state index contributed by atoms with van der Waals surface area (Å²) in [4.78, 5) is 11.0. The molecule has 0 fully saturated rings. The van der Waals surface area contributed by atoms with Gasteiger partial charge in [-0.05, 0) is 16.5 Å². The van der Waals surface area contributed by atoms with Crippen LogP contribution in [0.2, 0.25) is 0 Å². The van der Waals surface area contributed by atoms with Gasteiger partial charge in [-0.1, -0.05) is 54.6 Å². The number of nitrogen functional groups attached to an aromatic ring is 1. The highest BCUT2D eigenvalue weighted by molar-refractivity contribution is 5.94. The first-order chi connectivity index (χ1) is 12.1. The predicted octanol–water partition coefficient (Wildman–Crippen LogP) is 4.11. The number of esters is 1. The number of hydrogen-bond donors (Lipinski definition) is 1. The zero-order valence-electron chi connectivity index (χ0n) is 14.2. The third kappa shape index (κ3) is 4.10. The van der Waals surface area contributed by atoms with Crippen LogP contribution >= 0.6 is 0 Å². The van der Waals surface area contributed by atoms with Crippen LogP contribution in [0.4, 0.5) is 5.69 Å². The molecule has 3 aromatic rings. The molecule has 0 aliphatic heterocycles. The third-order valence-corrected chi connectivity index (χ3v) is 4.05. The van der Waals surface area contributed by atoms with E-state index < -0.39 is 0 Å². The Hall–Kier alpha value is -3.01. The van der Waals surface area contributed by atoms with Crippen molar-refractivity contribution in [3.05, 3.63) is 71.8 Å². The fourth-order valence-electron chi connectivity index (χ4n) is 2.85. The van der Waals surface area contributed by atoms with E-state index in [1.165, 1.54) is 6.92 Å². The lowest BCUT2D eigenvalue weighted by Crippen LogP contribution is -2.06. The lowest BCUT2D eigenvalue weighted by atomic mass is 9.99. The topological polar surface area (TPSA) is 61.5 Å². The second kappa shape index (κ2) is 7.71. The SMILES string of the molecule is CC(=O)OCCc1c(N)cc(OCc2ccccc2)c2ccccc12. The van der Waals surface area contributed by atoms with Crippen molar-refractivity contribution in [2.24, 2.45) is 0 Å². The summed E-state index contributed by atoms with van der Waals surface area (Å²) in [7, 11) is 0. The molecule has 0 unspecified atom stereocenters. The van der Waals surface area contributed by atoms with Crippen molar-refractivity contribution in [1.29, 1.82) is 0 Å². The van der Waals surface area contributed by atoms with Crippen LogP contribution in [0.5, 0.6) is 5.75 Å². The largest absolute Gasteiger partial charge is 0.488 e. The van der Waals surface area contributed by atoms with Gasteiger partial charge in [0.05, 0.1) is 6.61 Å². The van der Waals surface area contributed by atoms with Gasteiger partial charge in [0, 0.05) is 30.5 Å². The number of ether oxygens (including phenoxy) is 2. The van der Waals surface area contributed by atoms with E-state index in [0.29, 0.717) is 25.3 Å². The number of nitrogens with two attached hydrogens (primary N) is 1. The predicted molar refractivity (Wildman–Crippen MR) is 99.5 cm³/mol. The number of carbonyl (C=O) groups excluding carboxylic acids is 1. The van der Waals surface area contributed by atoms with E-state index in [1.54, 1.807) is 0 Å². The van der Waals surface area contributed by atoms with E-state index in [4.69, 9.17) is 15.2 Å². The van der Waals surface area contributed by atoms with Gasteiger partial charge in [-0.25, -0.2) is 0 Å². The molecule has 2 N–H and O–H groups in total. The highest BCUT2D eigenvalue weighted by Crippen LogP contribution is 2.34. The van der Waals surface area contributed by atoms with Gasteiger partial charge in [0.1, 0.15) is 12.4 Å². The molecule has 4 nitrogen and oxygen atoms in total. The highest BCUT2D eigenvalue weighted by Gasteiger charge is 2.12. The van der Waals surface area contributed by atoms with Crippen LogP contribution in [-0.4, -0.2) is 12.6 Å². The Kier molecular flexibility index (Phi) is 5.19. The molecular weight excluding hydrogens is 314 g/mol. The van der Waals surface area contributed by atoms with Crippen molar-refractivity contribution in [2.75, 3.05) is 12.3 Å². The number of fused-ring (bicyclic) bond motifs is 1. The maximum absolute atomic E-state index is 11.0. The molecule has 0 atom stereocenters. The molecule has 0 spiro atoms. The average molecular weight is 335 g/mol. The molecule has 4 heteroatoms. The minimum absolute atomic E-state index is 0.286. The van der Waals surface area contributed by atoms with Gasteiger partial charge in [0.25, 0.3) is 0 Å². The third-order valence-electron chi connectivity index (χ3n) is 4.05. The number of carbonyl (C=O) groups is 1. The molecule has 0 saturated carbocycles. The van der Waals surface area contributed by atoms with Gasteiger partial charge in [0.15, 0.2) is 0 Å². The number of benzene rings is 3. The molecule has 0 amide bonds. The zero-order valence-corrected chi connectivity index (χ0v) is 14.2. The smallest absolute Gasteiger partial charge is 0.302 e. The van der Waals surface area contributed by atoms with Gasteiger partial charge < -0.3 is 15.2 Å². The van der Waals surface area contributed by atoms with Crippen molar-refractivity contribution in [3.8, 4) is 5.75 Å². The molecular formula is C21H21NO3. The fourth-order valence-corrected chi connectivity index (χ4v) is 2.85. The number of rotatable bonds is 6. The van der Waals surface area contributed by atoms with Crippen LogP contribution in [0, 0.1) is 0 Å². The van der Waals surface area contributed by atoms with Gasteiger partial charge in [0.2, 0.25) is 0 Å². The normalized spacial score (nSPS) is 10.6. The van der Waals surface area contributed by atoms with E-state index in [1.807, 2.05) is 60.7 Å². The first kappa shape index (κ1) is 16.8. The van der Waals surface area contributed by atoms with Gasteiger partial charge >= 0.3 is 5.97 Å². The Labute approximate surface area is 147 Å². The first-order valence-corrected chi connectivity index (χ1v) is 8.25. The lowest BCUT2D eigenvalue weighted by Gasteiger charge is -2.15. The van der Waals surface area contributed by atoms with E-state index in [-0.39, 0.29) is 5.97 Å². The van der Waals surface area contributed by atoms with Crippen LogP contribution in [0.3, 0.4) is 0 Å². The highest BCUT2D eigenvalue weighted by atomic mass is 16.5. The van der Waals surface area contributed by atoms with Gasteiger partial charge in [-0.2, -0.15) is 0 Å². The van der Waals surface area contributed by atoms with Crippen molar-refractivity contribution >= 4 is 22.4 Å². The minimum atomic E-state index is -0.286. The molecule has 0 bridgehead atoms. The Morgan fingerprint density at radius 3 is 2.40 bits per heavy atom. The monoisotopic (exact) mass is 335 g/mol. The summed E-state index contributed by atoms with van der Waals surface area (Å²) in [6, 6.07) is 19.9. The molecule has 0 aliphatic rings. The summed E-state index contributed by atoms with van der Waals surface area (Å²) in [5.74, 6) is 0.471. The van der Waals surface area contributed by atoms with Crippen molar-refractivity contribution in [2.45, 2.75) is 20.0 Å². The van der Waals surface area contributed by atoms with Crippen LogP contribution in [-0.2, 0) is 22.6 Å². The second-order valence-electron chi connectivity index (χ2n) is 5.85. The number of anilines is 1. The first-order valence-electron chi connectivity index (χ1n) is 8.25. The lowest BCUT2D eigenvalue weighted by molar-refractivity contribution is -0.140. The molecule has 3 aromatic carbocycles. The summed E-state index contributed by atoms with van der Waals surface area (Å²) < 4.78 is 11.1. The van der Waals surface area contributed by atoms with Crippen LogP contribution in [0.15, 0.2) is 60.7 Å². The molecule has 128 valence electrons. The maximum Gasteiger partial charge on any atom is 0.302 e.